The lowest BCUT2D eigenvalue weighted by atomic mass is 9.59. The van der Waals surface area contributed by atoms with E-state index in [1.54, 1.807) is 9.80 Å². The molecule has 2 spiro atoms. The van der Waals surface area contributed by atoms with Crippen molar-refractivity contribution in [1.82, 2.24) is 14.7 Å². The molecule has 2 saturated carbocycles. The van der Waals surface area contributed by atoms with Gasteiger partial charge in [0.05, 0.1) is 5.92 Å². The predicted octanol–water partition coefficient (Wildman–Crippen LogP) is 4.47. The van der Waals surface area contributed by atoms with Crippen LogP contribution in [-0.4, -0.2) is 95.4 Å². The summed E-state index contributed by atoms with van der Waals surface area (Å²) in [6, 6.07) is 0.263. The van der Waals surface area contributed by atoms with E-state index in [0.717, 1.165) is 12.8 Å². The summed E-state index contributed by atoms with van der Waals surface area (Å²) in [4.78, 5) is 39.6. The van der Waals surface area contributed by atoms with Crippen molar-refractivity contribution in [2.24, 2.45) is 16.7 Å². The van der Waals surface area contributed by atoms with E-state index in [1.165, 1.54) is 0 Å². The largest absolute Gasteiger partial charge is 0.444 e. The Morgan fingerprint density at radius 2 is 1.19 bits per heavy atom. The highest BCUT2D eigenvalue weighted by Crippen LogP contribution is 2.52. The third-order valence-electron chi connectivity index (χ3n) is 7.78. The predicted molar refractivity (Wildman–Crippen MR) is 129 cm³/mol. The lowest BCUT2D eigenvalue weighted by Gasteiger charge is -2.62. The first-order valence-corrected chi connectivity index (χ1v) is 13.1. The summed E-state index contributed by atoms with van der Waals surface area (Å²) < 4.78 is 48.0. The fraction of sp³-hybridized carbons (Fsp3) is 0.885. The molecule has 0 aromatic rings. The molecule has 37 heavy (non-hydrogen) atoms. The minimum atomic E-state index is -4.05. The van der Waals surface area contributed by atoms with Crippen molar-refractivity contribution in [3.05, 3.63) is 0 Å². The van der Waals surface area contributed by atoms with Crippen LogP contribution in [0.15, 0.2) is 0 Å². The van der Waals surface area contributed by atoms with Crippen LogP contribution in [0.25, 0.3) is 0 Å². The van der Waals surface area contributed by atoms with Gasteiger partial charge in [0.2, 0.25) is 0 Å². The molecule has 0 aromatic heterocycles. The average Bonchev–Trinajstić information content (AvgIpc) is 2.51. The van der Waals surface area contributed by atoms with Gasteiger partial charge in [-0.05, 0) is 54.4 Å². The molecule has 5 aliphatic rings. The second-order valence-corrected chi connectivity index (χ2v) is 13.8. The van der Waals surface area contributed by atoms with Gasteiger partial charge in [0.15, 0.2) is 0 Å². The number of rotatable bonds is 1. The van der Waals surface area contributed by atoms with Gasteiger partial charge in [-0.1, -0.05) is 0 Å². The zero-order chi connectivity index (χ0) is 27.6. The van der Waals surface area contributed by atoms with Crippen molar-refractivity contribution in [3.63, 3.8) is 0 Å². The molecular formula is C26H40F3N3O5. The lowest BCUT2D eigenvalue weighted by molar-refractivity contribution is -0.226. The first kappa shape index (κ1) is 28.0. The fourth-order valence-electron chi connectivity index (χ4n) is 5.92. The zero-order valence-electron chi connectivity index (χ0n) is 22.7. The molecular weight excluding hydrogens is 491 g/mol. The second-order valence-electron chi connectivity index (χ2n) is 13.8. The quantitative estimate of drug-likeness (QED) is 0.497. The molecule has 210 valence electrons. The van der Waals surface area contributed by atoms with E-state index in [2.05, 4.69) is 0 Å². The molecule has 0 N–H and O–H groups in total. The maximum absolute atomic E-state index is 12.5. The number of amides is 2. The Morgan fingerprint density at radius 3 is 1.54 bits per heavy atom. The number of ketones is 1. The normalized spacial score (nSPS) is 25.2. The Kier molecular flexibility index (Phi) is 6.82. The van der Waals surface area contributed by atoms with E-state index >= 15 is 0 Å². The third kappa shape index (κ3) is 6.34. The molecule has 3 saturated heterocycles. The molecule has 8 nitrogen and oxygen atoms in total. The standard InChI is InChI=1S/C15H23F3N2O2.C11H17NO3/c1-13(2,3)22-12(21)20-8-14(9-20)4-11(5-14)19-6-10(7-19)15(16,17)18;1-10(2,3)15-9(14)12-6-11(7-12)4-8(13)5-11/h10-11H,4-9H2,1-3H3;4-7H2,1-3H3. The van der Waals surface area contributed by atoms with Crippen LogP contribution in [0.1, 0.15) is 67.2 Å². The van der Waals surface area contributed by atoms with Crippen LogP contribution in [0.3, 0.4) is 0 Å². The molecule has 0 aromatic carbocycles. The highest BCUT2D eigenvalue weighted by Gasteiger charge is 2.59. The van der Waals surface area contributed by atoms with Gasteiger partial charge in [-0.15, -0.1) is 0 Å². The monoisotopic (exact) mass is 531 g/mol. The maximum Gasteiger partial charge on any atom is 0.410 e. The molecule has 5 rings (SSSR count). The highest BCUT2D eigenvalue weighted by atomic mass is 19.4. The molecule has 2 aliphatic carbocycles. The SMILES string of the molecule is CC(C)(C)OC(=O)N1CC2(CC(=O)C2)C1.CC(C)(C)OC(=O)N1CC2(CC(N3CC(C(F)(F)F)C3)C2)C1. The van der Waals surface area contributed by atoms with E-state index in [-0.39, 0.29) is 42.1 Å². The topological polar surface area (TPSA) is 79.4 Å². The van der Waals surface area contributed by atoms with Gasteiger partial charge in [-0.25, -0.2) is 9.59 Å². The van der Waals surface area contributed by atoms with E-state index in [1.807, 2.05) is 46.4 Å². The van der Waals surface area contributed by atoms with Gasteiger partial charge in [0.25, 0.3) is 0 Å². The summed E-state index contributed by atoms with van der Waals surface area (Å²) in [5.41, 5.74) is -0.680. The fourth-order valence-corrected chi connectivity index (χ4v) is 5.92. The number of ether oxygens (including phenoxy) is 2. The van der Waals surface area contributed by atoms with Gasteiger partial charge in [-0.2, -0.15) is 13.2 Å². The zero-order valence-corrected chi connectivity index (χ0v) is 22.7. The van der Waals surface area contributed by atoms with Crippen LogP contribution in [0.5, 0.6) is 0 Å². The Balaban J connectivity index is 0.000000186. The van der Waals surface area contributed by atoms with Crippen LogP contribution < -0.4 is 0 Å². The smallest absolute Gasteiger partial charge is 0.410 e. The van der Waals surface area contributed by atoms with Crippen molar-refractivity contribution in [1.29, 1.82) is 0 Å². The Labute approximate surface area is 216 Å². The van der Waals surface area contributed by atoms with Gasteiger partial charge >= 0.3 is 18.4 Å². The first-order chi connectivity index (χ1) is 16.8. The Bertz CT molecular complexity index is 903. The Hall–Kier alpha value is -2.04. The molecule has 3 heterocycles. The number of carbonyl (C=O) groups is 3. The maximum atomic E-state index is 12.5. The number of carbonyl (C=O) groups excluding carboxylic acids is 3. The van der Waals surface area contributed by atoms with Crippen LogP contribution in [0.4, 0.5) is 22.8 Å². The minimum absolute atomic E-state index is 0.119. The summed E-state index contributed by atoms with van der Waals surface area (Å²) in [7, 11) is 0. The molecule has 0 unspecified atom stereocenters. The molecule has 2 amide bonds. The van der Waals surface area contributed by atoms with Crippen molar-refractivity contribution in [2.75, 3.05) is 39.3 Å². The summed E-state index contributed by atoms with van der Waals surface area (Å²) >= 11 is 0. The number of hydrogen-bond donors (Lipinski definition) is 0. The van der Waals surface area contributed by atoms with E-state index in [9.17, 15) is 27.6 Å². The summed E-state index contributed by atoms with van der Waals surface area (Å²) in [5, 5.41) is 0. The van der Waals surface area contributed by atoms with Crippen LogP contribution in [-0.2, 0) is 14.3 Å². The number of alkyl halides is 3. The minimum Gasteiger partial charge on any atom is -0.444 e. The highest BCUT2D eigenvalue weighted by molar-refractivity contribution is 5.87. The molecule has 3 aliphatic heterocycles. The van der Waals surface area contributed by atoms with Gasteiger partial charge in [-0.3, -0.25) is 9.69 Å². The first-order valence-electron chi connectivity index (χ1n) is 13.1. The number of halogens is 3. The van der Waals surface area contributed by atoms with Gasteiger partial charge in [0, 0.05) is 69.0 Å². The van der Waals surface area contributed by atoms with Crippen molar-refractivity contribution < 1.29 is 37.0 Å². The molecule has 5 fully saturated rings. The Morgan fingerprint density at radius 1 is 0.784 bits per heavy atom. The molecule has 0 bridgehead atoms. The lowest BCUT2D eigenvalue weighted by Crippen LogP contribution is -2.70. The third-order valence-corrected chi connectivity index (χ3v) is 7.78. The van der Waals surface area contributed by atoms with Gasteiger partial charge in [0.1, 0.15) is 17.0 Å². The van der Waals surface area contributed by atoms with E-state index in [0.29, 0.717) is 44.8 Å². The summed E-state index contributed by atoms with van der Waals surface area (Å²) in [6.07, 6.45) is -1.51. The molecule has 0 atom stereocenters. The number of hydrogen-bond acceptors (Lipinski definition) is 6. The van der Waals surface area contributed by atoms with E-state index < -0.39 is 23.3 Å². The van der Waals surface area contributed by atoms with E-state index in [4.69, 9.17) is 9.47 Å². The van der Waals surface area contributed by atoms with Crippen molar-refractivity contribution in [3.8, 4) is 0 Å². The number of Topliss-reactive ketones (excluding diaryl/α,β-unsaturated/α-hetero) is 1. The number of nitrogens with zero attached hydrogens (tertiary/aromatic N) is 3. The van der Waals surface area contributed by atoms with Crippen LogP contribution in [0, 0.1) is 16.7 Å². The van der Waals surface area contributed by atoms with Crippen LogP contribution >= 0.6 is 0 Å². The van der Waals surface area contributed by atoms with Crippen molar-refractivity contribution >= 4 is 18.0 Å². The molecule has 0 radical (unpaired) electrons. The average molecular weight is 532 g/mol. The summed E-state index contributed by atoms with van der Waals surface area (Å²) in [5.74, 6) is -0.831. The second kappa shape index (κ2) is 9.02. The van der Waals surface area contributed by atoms with Crippen molar-refractivity contribution in [2.45, 2.75) is 90.6 Å². The van der Waals surface area contributed by atoms with Gasteiger partial charge < -0.3 is 19.3 Å². The number of likely N-dealkylation sites (tertiary alicyclic amines) is 3. The van der Waals surface area contributed by atoms with Crippen LogP contribution in [0.2, 0.25) is 0 Å². The molecule has 11 heteroatoms. The summed E-state index contributed by atoms with van der Waals surface area (Å²) in [6.45, 7) is 14.1.